The van der Waals surface area contributed by atoms with Gasteiger partial charge in [0.15, 0.2) is 0 Å². The number of likely N-dealkylation sites (N-methyl/N-ethyl adjacent to an activating group) is 1. The van der Waals surface area contributed by atoms with Gasteiger partial charge in [-0.25, -0.2) is 4.98 Å². The van der Waals surface area contributed by atoms with Crippen molar-refractivity contribution in [3.63, 3.8) is 0 Å². The number of carbonyl (C=O) groups excluding carboxylic acids is 4. The summed E-state index contributed by atoms with van der Waals surface area (Å²) in [4.78, 5) is 66.2. The highest BCUT2D eigenvalue weighted by molar-refractivity contribution is 6.23. The fourth-order valence-corrected chi connectivity index (χ4v) is 9.30. The van der Waals surface area contributed by atoms with Gasteiger partial charge in [-0.2, -0.15) is 5.10 Å². The zero-order valence-electron chi connectivity index (χ0n) is 29.8. The molecule has 2 aromatic carbocycles. The third-order valence-corrected chi connectivity index (χ3v) is 12.5. The first-order valence-corrected chi connectivity index (χ1v) is 19.2. The first-order chi connectivity index (χ1) is 25.8. The molecule has 10 rings (SSSR count). The number of aromatic nitrogens is 4. The number of benzene rings is 2. The maximum atomic E-state index is 13.2. The third kappa shape index (κ3) is 5.67. The summed E-state index contributed by atoms with van der Waals surface area (Å²) >= 11 is 0. The van der Waals surface area contributed by atoms with Crippen molar-refractivity contribution in [2.75, 3.05) is 36.9 Å². The monoisotopic (exact) mass is 713 g/mol. The van der Waals surface area contributed by atoms with Crippen LogP contribution < -0.4 is 15.5 Å². The number of nitrogens with zero attached hydrogens (tertiary/aromatic N) is 7. The lowest BCUT2D eigenvalue weighted by Gasteiger charge is -2.35. The smallest absolute Gasteiger partial charge is 0.262 e. The van der Waals surface area contributed by atoms with Crippen LogP contribution >= 0.6 is 0 Å². The van der Waals surface area contributed by atoms with E-state index in [1.165, 1.54) is 24.9 Å². The lowest BCUT2D eigenvalue weighted by Crippen LogP contribution is -2.54. The fraction of sp³-hybridized carbons (Fsp3) is 0.475. The van der Waals surface area contributed by atoms with E-state index in [4.69, 9.17) is 15.1 Å². The van der Waals surface area contributed by atoms with Crippen molar-refractivity contribution in [3.05, 3.63) is 65.6 Å². The average Bonchev–Trinajstić information content (AvgIpc) is 3.47. The van der Waals surface area contributed by atoms with Gasteiger partial charge in [-0.1, -0.05) is 0 Å². The molecule has 6 heterocycles. The number of piperazine rings is 1. The number of anilines is 2. The Bertz CT molecular complexity index is 2190. The SMILES string of the molecule is CN1C[C@H]2C[C@@H]1CN2c1ccc2ncc(-c3cn([C@H]4C[C@H](CCCNc5ccc6c(c5)C(=O)N(C5CCC(=O)NC5=O)C6=O)C4)nc3C3CC3)nc2c1. The number of hydrogen-bond donors (Lipinski definition) is 2. The predicted molar refractivity (Wildman–Crippen MR) is 198 cm³/mol. The Morgan fingerprint density at radius 1 is 0.868 bits per heavy atom. The van der Waals surface area contributed by atoms with Crippen LogP contribution in [0.1, 0.15) is 96.2 Å². The Kier molecular flexibility index (Phi) is 7.64. The Morgan fingerprint density at radius 2 is 1.72 bits per heavy atom. The number of likely N-dealkylation sites (tertiary alicyclic amines) is 1. The van der Waals surface area contributed by atoms with E-state index in [0.717, 1.165) is 83.9 Å². The minimum absolute atomic E-state index is 0.0995. The molecule has 4 aromatic rings. The summed E-state index contributed by atoms with van der Waals surface area (Å²) in [6.45, 7) is 2.94. The molecule has 6 aliphatic rings. The topological polar surface area (TPSA) is 146 Å². The molecule has 2 aromatic heterocycles. The molecule has 4 amide bonds. The van der Waals surface area contributed by atoms with E-state index in [1.807, 2.05) is 6.20 Å². The van der Waals surface area contributed by atoms with E-state index in [0.29, 0.717) is 30.0 Å². The second-order valence-corrected chi connectivity index (χ2v) is 16.0. The number of nitrogens with one attached hydrogen (secondary N) is 2. The van der Waals surface area contributed by atoms with Crippen LogP contribution in [0.2, 0.25) is 0 Å². The quantitative estimate of drug-likeness (QED) is 0.178. The first kappa shape index (κ1) is 32.5. The van der Waals surface area contributed by atoms with Crippen molar-refractivity contribution in [2.45, 2.75) is 87.9 Å². The van der Waals surface area contributed by atoms with Crippen LogP contribution in [0.3, 0.4) is 0 Å². The van der Waals surface area contributed by atoms with Crippen LogP contribution in [0.15, 0.2) is 48.8 Å². The van der Waals surface area contributed by atoms with Crippen LogP contribution in [0.4, 0.5) is 11.4 Å². The van der Waals surface area contributed by atoms with Crippen molar-refractivity contribution in [1.82, 2.24) is 34.9 Å². The summed E-state index contributed by atoms with van der Waals surface area (Å²) in [6, 6.07) is 12.3. The largest absolute Gasteiger partial charge is 0.385 e. The van der Waals surface area contributed by atoms with Gasteiger partial charge in [-0.3, -0.25) is 44.0 Å². The van der Waals surface area contributed by atoms with Crippen LogP contribution in [-0.4, -0.2) is 98.0 Å². The first-order valence-electron chi connectivity index (χ1n) is 19.2. The minimum atomic E-state index is -0.963. The Balaban J connectivity index is 0.752. The van der Waals surface area contributed by atoms with Gasteiger partial charge in [0, 0.05) is 67.2 Å². The van der Waals surface area contributed by atoms with Gasteiger partial charge in [0.05, 0.1) is 45.8 Å². The van der Waals surface area contributed by atoms with E-state index >= 15 is 0 Å². The Hall–Kier alpha value is -5.17. The molecule has 3 saturated heterocycles. The van der Waals surface area contributed by atoms with E-state index in [-0.39, 0.29) is 29.9 Å². The fourth-order valence-electron chi connectivity index (χ4n) is 9.30. The van der Waals surface area contributed by atoms with Crippen molar-refractivity contribution >= 4 is 46.0 Å². The van der Waals surface area contributed by atoms with Gasteiger partial charge in [-0.05, 0) is 101 Å². The number of imide groups is 2. The van der Waals surface area contributed by atoms with Crippen molar-refractivity contribution in [2.24, 2.45) is 5.92 Å². The second-order valence-electron chi connectivity index (χ2n) is 16.0. The summed E-state index contributed by atoms with van der Waals surface area (Å²) in [5.41, 5.74) is 7.65. The van der Waals surface area contributed by atoms with Gasteiger partial charge in [0.2, 0.25) is 11.8 Å². The Labute approximate surface area is 307 Å². The van der Waals surface area contributed by atoms with Gasteiger partial charge in [0.25, 0.3) is 11.8 Å². The molecule has 13 nitrogen and oxygen atoms in total. The zero-order valence-corrected chi connectivity index (χ0v) is 29.8. The highest BCUT2D eigenvalue weighted by Gasteiger charge is 2.45. The van der Waals surface area contributed by atoms with Crippen LogP contribution in [0.5, 0.6) is 0 Å². The standard InChI is InChI=1S/C40H43N9O4/c1-46-19-28-16-27(46)20-47(28)25-7-9-32-33(17-25)43-34(18-42-32)31-21-48(45-37(31)23-4-5-23)26-13-22(14-26)3-2-12-41-24-6-8-29-30(15-24)40(53)49(39(29)52)35-10-11-36(50)44-38(35)51/h6-9,15,17-18,21-23,26-28,35,41H,2-5,10-14,16,19-20H2,1H3,(H,44,50,51)/t22-,26-,27-,28-,35?/m1/s1. The maximum Gasteiger partial charge on any atom is 0.262 e. The summed E-state index contributed by atoms with van der Waals surface area (Å²) in [7, 11) is 2.23. The number of piperidine rings is 1. The van der Waals surface area contributed by atoms with E-state index < -0.39 is 23.8 Å². The van der Waals surface area contributed by atoms with Crippen molar-refractivity contribution < 1.29 is 19.2 Å². The molecule has 2 aliphatic carbocycles. The van der Waals surface area contributed by atoms with Crippen LogP contribution in [0, 0.1) is 5.92 Å². The summed E-state index contributed by atoms with van der Waals surface area (Å²) in [5, 5.41) is 10.8. The molecule has 5 fully saturated rings. The molecule has 2 saturated carbocycles. The number of rotatable bonds is 10. The second kappa shape index (κ2) is 12.5. The molecule has 2 N–H and O–H groups in total. The molecule has 4 aliphatic heterocycles. The zero-order chi connectivity index (χ0) is 36.0. The van der Waals surface area contributed by atoms with Crippen molar-refractivity contribution in [1.29, 1.82) is 0 Å². The highest BCUT2D eigenvalue weighted by Crippen LogP contribution is 2.46. The molecule has 53 heavy (non-hydrogen) atoms. The lowest BCUT2D eigenvalue weighted by molar-refractivity contribution is -0.136. The van der Waals surface area contributed by atoms with E-state index in [2.05, 4.69) is 56.6 Å². The maximum absolute atomic E-state index is 13.2. The predicted octanol–water partition coefficient (Wildman–Crippen LogP) is 4.51. The van der Waals surface area contributed by atoms with E-state index in [1.54, 1.807) is 18.2 Å². The summed E-state index contributed by atoms with van der Waals surface area (Å²) in [5.74, 6) is -0.843. The molecule has 13 heteroatoms. The third-order valence-electron chi connectivity index (χ3n) is 12.5. The summed E-state index contributed by atoms with van der Waals surface area (Å²) < 4.78 is 2.19. The van der Waals surface area contributed by atoms with Gasteiger partial charge >= 0.3 is 0 Å². The number of amides is 4. The number of hydrogen-bond acceptors (Lipinski definition) is 10. The minimum Gasteiger partial charge on any atom is -0.385 e. The molecule has 272 valence electrons. The molecule has 1 unspecified atom stereocenters. The van der Waals surface area contributed by atoms with Gasteiger partial charge in [0.1, 0.15) is 6.04 Å². The molecule has 0 radical (unpaired) electrons. The molecule has 3 atom stereocenters. The summed E-state index contributed by atoms with van der Waals surface area (Å²) in [6.07, 6.45) is 12.2. The number of fused-ring (bicyclic) bond motifs is 4. The Morgan fingerprint density at radius 3 is 2.49 bits per heavy atom. The van der Waals surface area contributed by atoms with Crippen LogP contribution in [-0.2, 0) is 9.59 Å². The molecule has 0 spiro atoms. The van der Waals surface area contributed by atoms with E-state index in [9.17, 15) is 19.2 Å². The lowest BCUT2D eigenvalue weighted by atomic mass is 9.77. The number of carbonyl (C=O) groups is 4. The highest BCUT2D eigenvalue weighted by atomic mass is 16.2. The molecule has 2 bridgehead atoms. The van der Waals surface area contributed by atoms with Gasteiger partial charge < -0.3 is 10.2 Å². The van der Waals surface area contributed by atoms with Crippen LogP contribution in [0.25, 0.3) is 22.3 Å². The average molecular weight is 714 g/mol. The molecular formula is C40H43N9O4. The van der Waals surface area contributed by atoms with Gasteiger partial charge in [-0.15, -0.1) is 0 Å². The normalized spacial score (nSPS) is 26.8. The molecular weight excluding hydrogens is 670 g/mol. The van der Waals surface area contributed by atoms with Crippen molar-refractivity contribution in [3.8, 4) is 11.3 Å².